The van der Waals surface area contributed by atoms with Crippen molar-refractivity contribution in [3.8, 4) is 0 Å². The van der Waals surface area contributed by atoms with E-state index in [0.29, 0.717) is 22.2 Å². The Hall–Kier alpha value is 0.617. The normalized spacial score (nSPS) is 22.4. The van der Waals surface area contributed by atoms with Crippen molar-refractivity contribution >= 4 is 24.2 Å². The highest BCUT2D eigenvalue weighted by Gasteiger charge is 2.56. The quantitative estimate of drug-likeness (QED) is 0.115. The maximum atomic E-state index is 6.89. The predicted octanol–water partition coefficient (Wildman–Crippen LogP) is 8.40. The lowest BCUT2D eigenvalue weighted by molar-refractivity contribution is 0.155. The molecule has 0 aromatic carbocycles. The molecule has 2 atom stereocenters. The van der Waals surface area contributed by atoms with Crippen molar-refractivity contribution in [2.75, 3.05) is 25.0 Å². The van der Waals surface area contributed by atoms with Crippen LogP contribution in [0.25, 0.3) is 0 Å². The van der Waals surface area contributed by atoms with Crippen LogP contribution in [0.4, 0.5) is 0 Å². The summed E-state index contributed by atoms with van der Waals surface area (Å²) in [6, 6.07) is 0. The molecule has 4 heteroatoms. The van der Waals surface area contributed by atoms with Crippen LogP contribution in [0.2, 0.25) is 16.6 Å². The van der Waals surface area contributed by atoms with E-state index < -0.39 is 8.32 Å². The minimum absolute atomic E-state index is 0.486. The van der Waals surface area contributed by atoms with Crippen molar-refractivity contribution in [1.29, 1.82) is 0 Å². The molecule has 1 aliphatic rings. The summed E-state index contributed by atoms with van der Waals surface area (Å²) in [4.78, 5) is 2.77. The van der Waals surface area contributed by atoms with Gasteiger partial charge in [-0.05, 0) is 61.3 Å². The van der Waals surface area contributed by atoms with Crippen molar-refractivity contribution in [3.05, 3.63) is 0 Å². The first-order valence-corrected chi connectivity index (χ1v) is 15.9. The lowest BCUT2D eigenvalue weighted by Crippen LogP contribution is -2.48. The number of hydrogen-bond donors (Lipinski definition) is 0. The van der Waals surface area contributed by atoms with Gasteiger partial charge in [0.15, 0.2) is 8.32 Å². The fraction of sp³-hybridized carbons (Fsp3) is 1.00. The average Bonchev–Trinajstić information content (AvgIpc) is 3.35. The molecule has 0 amide bonds. The molecular formula is C25H52BrNOSi. The zero-order chi connectivity index (χ0) is 22.1. The van der Waals surface area contributed by atoms with E-state index in [4.69, 9.17) is 4.43 Å². The highest BCUT2D eigenvalue weighted by atomic mass is 79.9. The number of rotatable bonds is 17. The SMILES string of the molecule is CCN(CC)[C@@]1(CCCCCCCBr)CC1CCO[Si](C(C)C)(C(C)C)C(C)C. The van der Waals surface area contributed by atoms with Crippen LogP contribution < -0.4 is 0 Å². The molecule has 0 N–H and O–H groups in total. The van der Waals surface area contributed by atoms with E-state index in [1.54, 1.807) is 0 Å². The first kappa shape index (κ1) is 27.7. The third-order valence-electron chi connectivity index (χ3n) is 7.86. The van der Waals surface area contributed by atoms with Crippen LogP contribution in [0.15, 0.2) is 0 Å². The number of hydrogen-bond acceptors (Lipinski definition) is 2. The molecule has 0 saturated heterocycles. The van der Waals surface area contributed by atoms with Crippen molar-refractivity contribution in [3.63, 3.8) is 0 Å². The molecule has 174 valence electrons. The van der Waals surface area contributed by atoms with Gasteiger partial charge < -0.3 is 4.43 Å². The van der Waals surface area contributed by atoms with Crippen LogP contribution in [0.1, 0.15) is 107 Å². The van der Waals surface area contributed by atoms with E-state index in [1.807, 2.05) is 0 Å². The lowest BCUT2D eigenvalue weighted by atomic mass is 10.00. The van der Waals surface area contributed by atoms with E-state index in [0.717, 1.165) is 17.9 Å². The minimum Gasteiger partial charge on any atom is -0.416 e. The average molecular weight is 491 g/mol. The molecule has 2 nitrogen and oxygen atoms in total. The first-order chi connectivity index (χ1) is 13.7. The molecule has 0 aromatic rings. The van der Waals surface area contributed by atoms with Gasteiger partial charge in [-0.2, -0.15) is 0 Å². The topological polar surface area (TPSA) is 12.5 Å². The molecule has 1 fully saturated rings. The predicted molar refractivity (Wildman–Crippen MR) is 137 cm³/mol. The van der Waals surface area contributed by atoms with Gasteiger partial charge in [0.1, 0.15) is 0 Å². The third-order valence-corrected chi connectivity index (χ3v) is 14.5. The molecule has 0 aliphatic heterocycles. The summed E-state index contributed by atoms with van der Waals surface area (Å²) in [5.41, 5.74) is 2.55. The van der Waals surface area contributed by atoms with Gasteiger partial charge in [0.25, 0.3) is 0 Å². The van der Waals surface area contributed by atoms with Gasteiger partial charge in [-0.3, -0.25) is 4.90 Å². The molecule has 0 heterocycles. The maximum absolute atomic E-state index is 6.89. The molecule has 1 unspecified atom stereocenters. The smallest absolute Gasteiger partial charge is 0.200 e. The molecule has 1 rings (SSSR count). The van der Waals surface area contributed by atoms with Crippen LogP contribution >= 0.6 is 15.9 Å². The second-order valence-electron chi connectivity index (χ2n) is 10.3. The molecule has 0 radical (unpaired) electrons. The first-order valence-electron chi connectivity index (χ1n) is 12.7. The molecule has 0 bridgehead atoms. The van der Waals surface area contributed by atoms with E-state index in [1.165, 1.54) is 64.5 Å². The molecule has 0 spiro atoms. The zero-order valence-electron chi connectivity index (χ0n) is 21.0. The molecule has 29 heavy (non-hydrogen) atoms. The van der Waals surface area contributed by atoms with E-state index in [2.05, 4.69) is 76.2 Å². The Labute approximate surface area is 193 Å². The summed E-state index contributed by atoms with van der Waals surface area (Å²) >= 11 is 3.55. The van der Waals surface area contributed by atoms with Crippen LogP contribution in [0, 0.1) is 5.92 Å². The number of alkyl halides is 1. The van der Waals surface area contributed by atoms with Crippen molar-refractivity contribution < 1.29 is 4.43 Å². The van der Waals surface area contributed by atoms with Crippen molar-refractivity contribution in [2.45, 2.75) is 129 Å². The van der Waals surface area contributed by atoms with Gasteiger partial charge in [0.05, 0.1) is 0 Å². The van der Waals surface area contributed by atoms with Crippen molar-refractivity contribution in [1.82, 2.24) is 4.90 Å². The molecule has 1 saturated carbocycles. The summed E-state index contributed by atoms with van der Waals surface area (Å²) in [7, 11) is -1.72. The Kier molecular flexibility index (Phi) is 12.6. The molecule has 0 aromatic heterocycles. The van der Waals surface area contributed by atoms with Gasteiger partial charge in [0, 0.05) is 17.5 Å². The fourth-order valence-electron chi connectivity index (χ4n) is 6.38. The molecular weight excluding hydrogens is 438 g/mol. The monoisotopic (exact) mass is 489 g/mol. The van der Waals surface area contributed by atoms with Gasteiger partial charge in [-0.25, -0.2) is 0 Å². The number of unbranched alkanes of at least 4 members (excludes halogenated alkanes) is 4. The Morgan fingerprint density at radius 1 is 0.897 bits per heavy atom. The van der Waals surface area contributed by atoms with Crippen LogP contribution in [0.3, 0.4) is 0 Å². The van der Waals surface area contributed by atoms with E-state index in [9.17, 15) is 0 Å². The number of halogens is 1. The van der Waals surface area contributed by atoms with Gasteiger partial charge in [-0.15, -0.1) is 0 Å². The molecule has 1 aliphatic carbocycles. The van der Waals surface area contributed by atoms with Crippen molar-refractivity contribution in [2.24, 2.45) is 5.92 Å². The Morgan fingerprint density at radius 2 is 1.41 bits per heavy atom. The number of nitrogens with zero attached hydrogens (tertiary/aromatic N) is 1. The highest BCUT2D eigenvalue weighted by molar-refractivity contribution is 9.09. The summed E-state index contributed by atoms with van der Waals surface area (Å²) in [5.74, 6) is 0.850. The lowest BCUT2D eigenvalue weighted by Gasteiger charge is -2.42. The Balaban J connectivity index is 2.63. The summed E-state index contributed by atoms with van der Waals surface area (Å²) in [5, 5.41) is 1.16. The van der Waals surface area contributed by atoms with Gasteiger partial charge >= 0.3 is 0 Å². The largest absolute Gasteiger partial charge is 0.416 e. The van der Waals surface area contributed by atoms with Crippen LogP contribution in [-0.4, -0.2) is 43.8 Å². The zero-order valence-corrected chi connectivity index (χ0v) is 23.6. The van der Waals surface area contributed by atoms with E-state index >= 15 is 0 Å². The van der Waals surface area contributed by atoms with Gasteiger partial charge in [0.2, 0.25) is 0 Å². The highest BCUT2D eigenvalue weighted by Crippen LogP contribution is 2.54. The maximum Gasteiger partial charge on any atom is 0.200 e. The fourth-order valence-corrected chi connectivity index (χ4v) is 12.2. The summed E-state index contributed by atoms with van der Waals surface area (Å²) < 4.78 is 6.89. The Morgan fingerprint density at radius 3 is 1.90 bits per heavy atom. The minimum atomic E-state index is -1.72. The second kappa shape index (κ2) is 13.2. The van der Waals surface area contributed by atoms with E-state index in [-0.39, 0.29) is 0 Å². The summed E-state index contributed by atoms with van der Waals surface area (Å²) in [6.45, 7) is 22.5. The third kappa shape index (κ3) is 7.05. The van der Waals surface area contributed by atoms with Gasteiger partial charge in [-0.1, -0.05) is 97.0 Å². The summed E-state index contributed by atoms with van der Waals surface area (Å²) in [6.07, 6.45) is 11.0. The van der Waals surface area contributed by atoms with Crippen LogP contribution in [0.5, 0.6) is 0 Å². The second-order valence-corrected chi connectivity index (χ2v) is 16.6. The Bertz CT molecular complexity index is 417. The van der Waals surface area contributed by atoms with Crippen LogP contribution in [-0.2, 0) is 4.43 Å². The standard InChI is InChI=1S/C25H52BrNOSi/c1-9-27(10-2)25(17-14-12-11-13-15-18-26)20-24(25)16-19-28-29(21(3)4,22(5)6)23(7)8/h21-24H,9-20H2,1-8H3/t24?,25-/m0/s1.